The lowest BCUT2D eigenvalue weighted by molar-refractivity contribution is 1.02. The van der Waals surface area contributed by atoms with Gasteiger partial charge in [-0.1, -0.05) is 48.5 Å². The van der Waals surface area contributed by atoms with Crippen LogP contribution in [0.4, 0.5) is 0 Å². The molecule has 0 spiro atoms. The zero-order valence-corrected chi connectivity index (χ0v) is 11.3. The molecular weight excluding hydrogens is 258 g/mol. The van der Waals surface area contributed by atoms with Crippen LogP contribution in [-0.4, -0.2) is 14.5 Å². The Hall–Kier alpha value is -2.94. The molecule has 0 bridgehead atoms. The average molecular weight is 271 g/mol. The summed E-state index contributed by atoms with van der Waals surface area (Å²) in [4.78, 5) is 9.08. The van der Waals surface area contributed by atoms with E-state index < -0.39 is 0 Å². The molecule has 0 N–H and O–H groups in total. The molecule has 0 fully saturated rings. The normalized spacial score (nSPS) is 10.9. The van der Waals surface area contributed by atoms with Crippen LogP contribution in [0.3, 0.4) is 0 Å². The number of nitrogens with zero attached hydrogens (tertiary/aromatic N) is 3. The highest BCUT2D eigenvalue weighted by Gasteiger charge is 2.05. The molecule has 3 heteroatoms. The van der Waals surface area contributed by atoms with Gasteiger partial charge in [0.1, 0.15) is 0 Å². The third-order valence-corrected chi connectivity index (χ3v) is 3.55. The summed E-state index contributed by atoms with van der Waals surface area (Å²) >= 11 is 0. The molecule has 0 atom stereocenters. The van der Waals surface area contributed by atoms with Gasteiger partial charge in [-0.15, -0.1) is 0 Å². The Morgan fingerprint density at radius 3 is 2.33 bits per heavy atom. The lowest BCUT2D eigenvalue weighted by Crippen LogP contribution is -1.97. The summed E-state index contributed by atoms with van der Waals surface area (Å²) in [5.41, 5.74) is 3.10. The van der Waals surface area contributed by atoms with Crippen LogP contribution in [0.15, 0.2) is 79.3 Å². The van der Waals surface area contributed by atoms with Gasteiger partial charge in [-0.3, -0.25) is 9.55 Å². The first-order chi connectivity index (χ1) is 10.4. The lowest BCUT2D eigenvalue weighted by Gasteiger charge is -2.05. The molecule has 0 radical (unpaired) electrons. The van der Waals surface area contributed by atoms with Gasteiger partial charge in [0, 0.05) is 11.8 Å². The maximum atomic E-state index is 4.55. The molecule has 0 unspecified atom stereocenters. The first-order valence-electron chi connectivity index (χ1n) is 6.86. The van der Waals surface area contributed by atoms with E-state index in [0.717, 1.165) is 22.6 Å². The minimum atomic E-state index is 0.830. The van der Waals surface area contributed by atoms with E-state index in [-0.39, 0.29) is 0 Å². The van der Waals surface area contributed by atoms with Gasteiger partial charge < -0.3 is 0 Å². The first-order valence-corrected chi connectivity index (χ1v) is 6.86. The van der Waals surface area contributed by atoms with Gasteiger partial charge >= 0.3 is 0 Å². The van der Waals surface area contributed by atoms with Crippen LogP contribution in [0.1, 0.15) is 0 Å². The van der Waals surface area contributed by atoms with Gasteiger partial charge in [-0.05, 0) is 17.5 Å². The van der Waals surface area contributed by atoms with Crippen LogP contribution in [-0.2, 0) is 0 Å². The second kappa shape index (κ2) is 4.87. The molecule has 4 aromatic rings. The van der Waals surface area contributed by atoms with Crippen LogP contribution in [0.25, 0.3) is 28.0 Å². The smallest absolute Gasteiger partial charge is 0.155 e. The molecule has 2 heterocycles. The molecule has 100 valence electrons. The van der Waals surface area contributed by atoms with Gasteiger partial charge in [0.2, 0.25) is 0 Å². The van der Waals surface area contributed by atoms with Crippen molar-refractivity contribution in [2.75, 3.05) is 0 Å². The molecule has 0 saturated heterocycles. The van der Waals surface area contributed by atoms with Crippen LogP contribution >= 0.6 is 0 Å². The summed E-state index contributed by atoms with van der Waals surface area (Å²) in [6.45, 7) is 0. The van der Waals surface area contributed by atoms with Gasteiger partial charge in [0.25, 0.3) is 0 Å². The molecule has 0 saturated carbocycles. The molecule has 4 rings (SSSR count). The van der Waals surface area contributed by atoms with E-state index >= 15 is 0 Å². The summed E-state index contributed by atoms with van der Waals surface area (Å²) in [5, 5.41) is 1.20. The largest absolute Gasteiger partial charge is 0.300 e. The van der Waals surface area contributed by atoms with Crippen molar-refractivity contribution < 1.29 is 0 Å². The standard InChI is InChI=1S/C18H13N3/c1-2-6-14(7-3-1)16-12-20-18(13-19-16)21-11-10-15-8-4-5-9-17(15)21/h1-13H. The second-order valence-electron chi connectivity index (χ2n) is 4.87. The Kier molecular flexibility index (Phi) is 2.75. The first kappa shape index (κ1) is 11.9. The highest BCUT2D eigenvalue weighted by molar-refractivity contribution is 5.81. The minimum Gasteiger partial charge on any atom is -0.300 e. The summed E-state index contributed by atoms with van der Waals surface area (Å²) in [5.74, 6) is 0.830. The van der Waals surface area contributed by atoms with Crippen LogP contribution in [0, 0.1) is 0 Å². The highest BCUT2D eigenvalue weighted by atomic mass is 15.1. The Labute approximate surface area is 122 Å². The maximum Gasteiger partial charge on any atom is 0.155 e. The zero-order valence-electron chi connectivity index (χ0n) is 11.3. The van der Waals surface area contributed by atoms with Gasteiger partial charge in [-0.25, -0.2) is 4.98 Å². The van der Waals surface area contributed by atoms with E-state index in [9.17, 15) is 0 Å². The zero-order chi connectivity index (χ0) is 14.1. The second-order valence-corrected chi connectivity index (χ2v) is 4.87. The van der Waals surface area contributed by atoms with E-state index in [1.165, 1.54) is 5.39 Å². The van der Waals surface area contributed by atoms with Crippen molar-refractivity contribution in [3.05, 3.63) is 79.3 Å². The highest BCUT2D eigenvalue weighted by Crippen LogP contribution is 2.20. The Balaban J connectivity index is 1.77. The SMILES string of the molecule is c1ccc(-c2cnc(-n3ccc4ccccc43)cn2)cc1. The van der Waals surface area contributed by atoms with E-state index in [0.29, 0.717) is 0 Å². The van der Waals surface area contributed by atoms with Gasteiger partial charge in [-0.2, -0.15) is 0 Å². The average Bonchev–Trinajstić information content (AvgIpc) is 3.00. The Bertz CT molecular complexity index is 877. The molecule has 0 aliphatic carbocycles. The fourth-order valence-corrected chi connectivity index (χ4v) is 2.49. The van der Waals surface area contributed by atoms with Crippen molar-refractivity contribution in [1.29, 1.82) is 0 Å². The number of hydrogen-bond acceptors (Lipinski definition) is 2. The molecule has 3 nitrogen and oxygen atoms in total. The van der Waals surface area contributed by atoms with Crippen molar-refractivity contribution >= 4 is 10.9 Å². The summed E-state index contributed by atoms with van der Waals surface area (Å²) in [7, 11) is 0. The summed E-state index contributed by atoms with van der Waals surface area (Å²) in [6, 6.07) is 20.4. The molecule has 2 aromatic heterocycles. The Morgan fingerprint density at radius 1 is 0.714 bits per heavy atom. The van der Waals surface area contributed by atoms with Gasteiger partial charge in [0.05, 0.1) is 23.6 Å². The molecule has 2 aromatic carbocycles. The number of fused-ring (bicyclic) bond motifs is 1. The summed E-state index contributed by atoms with van der Waals surface area (Å²) < 4.78 is 2.05. The number of para-hydroxylation sites is 1. The van der Waals surface area contributed by atoms with E-state index in [4.69, 9.17) is 0 Å². The fraction of sp³-hybridized carbons (Fsp3) is 0. The Morgan fingerprint density at radius 2 is 1.52 bits per heavy atom. The van der Waals surface area contributed by atoms with Crippen molar-refractivity contribution in [3.63, 3.8) is 0 Å². The quantitative estimate of drug-likeness (QED) is 0.550. The molecule has 0 aliphatic heterocycles. The van der Waals surface area contributed by atoms with Gasteiger partial charge in [0.15, 0.2) is 5.82 Å². The molecular formula is C18H13N3. The molecule has 0 aliphatic rings. The van der Waals surface area contributed by atoms with Crippen LogP contribution < -0.4 is 0 Å². The van der Waals surface area contributed by atoms with Crippen molar-refractivity contribution in [1.82, 2.24) is 14.5 Å². The lowest BCUT2D eigenvalue weighted by atomic mass is 10.2. The predicted molar refractivity (Wildman–Crippen MR) is 84.3 cm³/mol. The van der Waals surface area contributed by atoms with E-state index in [2.05, 4.69) is 32.7 Å². The monoisotopic (exact) mass is 271 g/mol. The number of aromatic nitrogens is 3. The molecule has 0 amide bonds. The number of rotatable bonds is 2. The van der Waals surface area contributed by atoms with Crippen LogP contribution in [0.2, 0.25) is 0 Å². The topological polar surface area (TPSA) is 30.7 Å². The third-order valence-electron chi connectivity index (χ3n) is 3.55. The minimum absolute atomic E-state index is 0.830. The maximum absolute atomic E-state index is 4.55. The van der Waals surface area contributed by atoms with E-state index in [1.807, 2.05) is 61.1 Å². The number of benzene rings is 2. The summed E-state index contributed by atoms with van der Waals surface area (Å²) in [6.07, 6.45) is 5.66. The number of hydrogen-bond donors (Lipinski definition) is 0. The van der Waals surface area contributed by atoms with Crippen molar-refractivity contribution in [3.8, 4) is 17.1 Å². The van der Waals surface area contributed by atoms with Crippen LogP contribution in [0.5, 0.6) is 0 Å². The van der Waals surface area contributed by atoms with Crippen molar-refractivity contribution in [2.45, 2.75) is 0 Å². The third kappa shape index (κ3) is 2.09. The fourth-order valence-electron chi connectivity index (χ4n) is 2.49. The molecule has 21 heavy (non-hydrogen) atoms. The van der Waals surface area contributed by atoms with Crippen molar-refractivity contribution in [2.24, 2.45) is 0 Å². The van der Waals surface area contributed by atoms with E-state index in [1.54, 1.807) is 0 Å². The predicted octanol–water partition coefficient (Wildman–Crippen LogP) is 4.09.